The largest absolute Gasteiger partial charge is 0.454 e. The molecule has 0 radical (unpaired) electrons. The first-order chi connectivity index (χ1) is 11.8. The molecule has 2 aromatic rings. The van der Waals surface area contributed by atoms with Gasteiger partial charge in [0, 0.05) is 19.2 Å². The highest BCUT2D eigenvalue weighted by Crippen LogP contribution is 2.24. The van der Waals surface area contributed by atoms with E-state index in [1.165, 1.54) is 6.26 Å². The lowest BCUT2D eigenvalue weighted by molar-refractivity contribution is 0.0261. The summed E-state index contributed by atoms with van der Waals surface area (Å²) < 4.78 is 28.9. The fraction of sp³-hybridized carbons (Fsp3) is 0.316. The predicted octanol–water partition coefficient (Wildman–Crippen LogP) is 2.94. The zero-order chi connectivity index (χ0) is 18.4. The average molecular weight is 361 g/mol. The number of carbonyl (C=O) groups is 1. The van der Waals surface area contributed by atoms with Gasteiger partial charge in [0.15, 0.2) is 9.84 Å². The van der Waals surface area contributed by atoms with E-state index in [-0.39, 0.29) is 4.90 Å². The van der Waals surface area contributed by atoms with Gasteiger partial charge in [0.2, 0.25) is 0 Å². The van der Waals surface area contributed by atoms with Crippen LogP contribution in [-0.4, -0.2) is 46.2 Å². The van der Waals surface area contributed by atoms with E-state index in [0.717, 1.165) is 12.1 Å². The van der Waals surface area contributed by atoms with Crippen molar-refractivity contribution < 1.29 is 17.9 Å². The van der Waals surface area contributed by atoms with Gasteiger partial charge < -0.3 is 9.64 Å². The van der Waals surface area contributed by atoms with Crippen LogP contribution in [0.3, 0.4) is 0 Å². The Kier molecular flexibility index (Phi) is 6.33. The second-order valence-corrected chi connectivity index (χ2v) is 8.21. The molecular weight excluding hydrogens is 338 g/mol. The molecule has 0 saturated heterocycles. The maximum absolute atomic E-state index is 12.4. The summed E-state index contributed by atoms with van der Waals surface area (Å²) in [6, 6.07) is 15.3. The molecule has 0 aliphatic heterocycles. The molecule has 1 atom stereocenters. The summed E-state index contributed by atoms with van der Waals surface area (Å²) in [5, 5.41) is 0. The summed E-state index contributed by atoms with van der Waals surface area (Å²) in [7, 11) is 0.641. The Morgan fingerprint density at radius 2 is 1.64 bits per heavy atom. The van der Waals surface area contributed by atoms with Gasteiger partial charge in [-0.05, 0) is 43.9 Å². The van der Waals surface area contributed by atoms with Crippen LogP contribution in [-0.2, 0) is 14.6 Å². The fourth-order valence-corrected chi connectivity index (χ4v) is 3.00. The van der Waals surface area contributed by atoms with Gasteiger partial charge in [-0.3, -0.25) is 0 Å². The molecule has 0 aliphatic carbocycles. The summed E-state index contributed by atoms with van der Waals surface area (Å²) in [5.74, 6) is -0.392. The number of rotatable bonds is 7. The highest BCUT2D eigenvalue weighted by atomic mass is 32.2. The zero-order valence-electron chi connectivity index (χ0n) is 14.7. The molecule has 2 rings (SSSR count). The van der Waals surface area contributed by atoms with Crippen LogP contribution in [0.15, 0.2) is 59.5 Å². The van der Waals surface area contributed by atoms with Crippen LogP contribution in [0.5, 0.6) is 0 Å². The van der Waals surface area contributed by atoms with Crippen LogP contribution in [0.4, 0.5) is 0 Å². The monoisotopic (exact) mass is 361 g/mol. The van der Waals surface area contributed by atoms with Gasteiger partial charge in [0.25, 0.3) is 0 Å². The van der Waals surface area contributed by atoms with Crippen LogP contribution in [0.25, 0.3) is 0 Å². The van der Waals surface area contributed by atoms with Crippen LogP contribution >= 0.6 is 0 Å². The molecule has 0 aliphatic rings. The number of hydrogen-bond donors (Lipinski definition) is 0. The molecule has 0 spiro atoms. The Balaban J connectivity index is 2.22. The number of sulfone groups is 1. The van der Waals surface area contributed by atoms with E-state index >= 15 is 0 Å². The van der Waals surface area contributed by atoms with Gasteiger partial charge in [0.05, 0.1) is 10.5 Å². The molecule has 134 valence electrons. The third-order valence-electron chi connectivity index (χ3n) is 3.78. The van der Waals surface area contributed by atoms with E-state index in [9.17, 15) is 13.2 Å². The first-order valence-corrected chi connectivity index (χ1v) is 9.87. The second kappa shape index (κ2) is 8.27. The number of esters is 1. The quantitative estimate of drug-likeness (QED) is 0.710. The molecular formula is C19H23NO4S. The van der Waals surface area contributed by atoms with E-state index < -0.39 is 21.9 Å². The van der Waals surface area contributed by atoms with Gasteiger partial charge >= 0.3 is 5.97 Å². The van der Waals surface area contributed by atoms with Gasteiger partial charge in [-0.2, -0.15) is 0 Å². The standard InChI is InChI=1S/C19H23NO4S/c1-20(2)14-13-18(24-19(21)16-7-5-4-6-8-16)15-9-11-17(12-10-15)25(3,22)23/h4-12,18H,13-14H2,1-3H3. The van der Waals surface area contributed by atoms with Crippen molar-refractivity contribution in [3.63, 3.8) is 0 Å². The molecule has 1 unspecified atom stereocenters. The highest BCUT2D eigenvalue weighted by molar-refractivity contribution is 7.90. The van der Waals surface area contributed by atoms with Crippen LogP contribution in [0, 0.1) is 0 Å². The summed E-state index contributed by atoms with van der Waals surface area (Å²) in [6.07, 6.45) is 1.34. The van der Waals surface area contributed by atoms with Crippen molar-refractivity contribution in [2.75, 3.05) is 26.9 Å². The van der Waals surface area contributed by atoms with Gasteiger partial charge in [0.1, 0.15) is 6.10 Å². The van der Waals surface area contributed by atoms with Gasteiger partial charge in [-0.15, -0.1) is 0 Å². The number of nitrogens with zero attached hydrogens (tertiary/aromatic N) is 1. The van der Waals surface area contributed by atoms with Gasteiger partial charge in [-0.1, -0.05) is 30.3 Å². The van der Waals surface area contributed by atoms with Crippen LogP contribution in [0.2, 0.25) is 0 Å². The molecule has 0 aromatic heterocycles. The third-order valence-corrected chi connectivity index (χ3v) is 4.91. The summed E-state index contributed by atoms with van der Waals surface area (Å²) >= 11 is 0. The topological polar surface area (TPSA) is 63.7 Å². The minimum atomic E-state index is -3.25. The molecule has 0 N–H and O–H groups in total. The van der Waals surface area contributed by atoms with E-state index in [1.54, 1.807) is 48.5 Å². The lowest BCUT2D eigenvalue weighted by Gasteiger charge is -2.20. The maximum Gasteiger partial charge on any atom is 0.338 e. The number of hydrogen-bond acceptors (Lipinski definition) is 5. The first kappa shape index (κ1) is 19.1. The summed E-state index contributed by atoms with van der Waals surface area (Å²) in [4.78, 5) is 14.6. The minimum absolute atomic E-state index is 0.247. The van der Waals surface area contributed by atoms with Crippen LogP contribution < -0.4 is 0 Å². The molecule has 0 bridgehead atoms. The molecule has 0 saturated carbocycles. The molecule has 25 heavy (non-hydrogen) atoms. The summed E-state index contributed by atoms with van der Waals surface area (Å²) in [5.41, 5.74) is 1.27. The average Bonchev–Trinajstić information content (AvgIpc) is 2.58. The Labute approximate surface area is 149 Å². The van der Waals surface area contributed by atoms with Crippen molar-refractivity contribution in [1.82, 2.24) is 4.90 Å². The maximum atomic E-state index is 12.4. The van der Waals surface area contributed by atoms with Gasteiger partial charge in [-0.25, -0.2) is 13.2 Å². The number of carbonyl (C=O) groups excluding carboxylic acids is 1. The Morgan fingerprint density at radius 1 is 1.04 bits per heavy atom. The van der Waals surface area contributed by atoms with Crippen molar-refractivity contribution in [3.8, 4) is 0 Å². The lowest BCUT2D eigenvalue weighted by atomic mass is 10.1. The van der Waals surface area contributed by atoms with Crippen molar-refractivity contribution in [3.05, 3.63) is 65.7 Å². The zero-order valence-corrected chi connectivity index (χ0v) is 15.5. The molecule has 5 nitrogen and oxygen atoms in total. The number of ether oxygens (including phenoxy) is 1. The molecule has 0 fully saturated rings. The SMILES string of the molecule is CN(C)CCC(OC(=O)c1ccccc1)c1ccc(S(C)(=O)=O)cc1. The minimum Gasteiger partial charge on any atom is -0.454 e. The van der Waals surface area contributed by atoms with Crippen molar-refractivity contribution >= 4 is 15.8 Å². The smallest absolute Gasteiger partial charge is 0.338 e. The Hall–Kier alpha value is -2.18. The number of benzene rings is 2. The predicted molar refractivity (Wildman–Crippen MR) is 97.3 cm³/mol. The van der Waals surface area contributed by atoms with Crippen molar-refractivity contribution in [2.45, 2.75) is 17.4 Å². The van der Waals surface area contributed by atoms with Crippen molar-refractivity contribution in [1.29, 1.82) is 0 Å². The Morgan fingerprint density at radius 3 is 2.16 bits per heavy atom. The lowest BCUT2D eigenvalue weighted by Crippen LogP contribution is -2.19. The molecule has 0 amide bonds. The summed E-state index contributed by atoms with van der Waals surface area (Å²) in [6.45, 7) is 0.737. The normalized spacial score (nSPS) is 12.8. The second-order valence-electron chi connectivity index (χ2n) is 6.19. The van der Waals surface area contributed by atoms with E-state index in [4.69, 9.17) is 4.74 Å². The van der Waals surface area contributed by atoms with Crippen LogP contribution in [0.1, 0.15) is 28.4 Å². The third kappa shape index (κ3) is 5.69. The van der Waals surface area contributed by atoms with E-state index in [0.29, 0.717) is 12.0 Å². The first-order valence-electron chi connectivity index (χ1n) is 7.98. The van der Waals surface area contributed by atoms with E-state index in [1.807, 2.05) is 25.1 Å². The molecule has 6 heteroatoms. The molecule has 0 heterocycles. The van der Waals surface area contributed by atoms with E-state index in [2.05, 4.69) is 0 Å². The highest BCUT2D eigenvalue weighted by Gasteiger charge is 2.19. The fourth-order valence-electron chi connectivity index (χ4n) is 2.37. The Bertz CT molecular complexity index is 799. The van der Waals surface area contributed by atoms with Crippen molar-refractivity contribution in [2.24, 2.45) is 0 Å². The molecule has 2 aromatic carbocycles.